The Morgan fingerprint density at radius 3 is 2.42 bits per heavy atom. The topological polar surface area (TPSA) is 112 Å². The van der Waals surface area contributed by atoms with Crippen molar-refractivity contribution in [2.24, 2.45) is 0 Å². The third kappa shape index (κ3) is 5.84. The zero-order valence-corrected chi connectivity index (χ0v) is 20.9. The summed E-state index contributed by atoms with van der Waals surface area (Å²) in [6.07, 6.45) is 1.77. The highest BCUT2D eigenvalue weighted by Gasteiger charge is 2.18. The molecule has 0 spiro atoms. The van der Waals surface area contributed by atoms with E-state index in [1.807, 2.05) is 60.0 Å². The van der Waals surface area contributed by atoms with Gasteiger partial charge in [0.1, 0.15) is 6.33 Å². The van der Waals surface area contributed by atoms with Crippen molar-refractivity contribution in [1.82, 2.24) is 19.6 Å². The maximum absolute atomic E-state index is 12.7. The summed E-state index contributed by atoms with van der Waals surface area (Å²) in [4.78, 5) is 16.7. The van der Waals surface area contributed by atoms with E-state index in [4.69, 9.17) is 9.47 Å². The predicted octanol–water partition coefficient (Wildman–Crippen LogP) is 3.42. The molecule has 188 valence electrons. The quantitative estimate of drug-likeness (QED) is 0.321. The van der Waals surface area contributed by atoms with Gasteiger partial charge >= 0.3 is 0 Å². The van der Waals surface area contributed by atoms with E-state index >= 15 is 0 Å². The minimum absolute atomic E-state index is 0.00943. The molecule has 0 radical (unpaired) electrons. The van der Waals surface area contributed by atoms with Crippen molar-refractivity contribution < 1.29 is 22.7 Å². The molecule has 4 rings (SSSR count). The Labute approximate surface area is 210 Å². The third-order valence-corrected chi connectivity index (χ3v) is 6.80. The molecule has 10 heteroatoms. The summed E-state index contributed by atoms with van der Waals surface area (Å²) in [6, 6.07) is 19.9. The number of nitrogens with one attached hydrogen (secondary N) is 2. The van der Waals surface area contributed by atoms with Crippen molar-refractivity contribution in [3.05, 3.63) is 78.6 Å². The van der Waals surface area contributed by atoms with E-state index in [9.17, 15) is 13.2 Å². The number of benzene rings is 3. The van der Waals surface area contributed by atoms with Crippen molar-refractivity contribution in [3.63, 3.8) is 0 Å². The van der Waals surface area contributed by atoms with Crippen molar-refractivity contribution >= 4 is 27.0 Å². The van der Waals surface area contributed by atoms with Crippen LogP contribution in [-0.4, -0.2) is 43.6 Å². The highest BCUT2D eigenvalue weighted by molar-refractivity contribution is 7.89. The molecule has 1 aromatic heterocycles. The zero-order valence-electron chi connectivity index (χ0n) is 20.1. The first-order valence-corrected chi connectivity index (χ1v) is 13.1. The largest absolute Gasteiger partial charge is 0.490 e. The van der Waals surface area contributed by atoms with Gasteiger partial charge in [0.05, 0.1) is 35.7 Å². The molecule has 0 fully saturated rings. The summed E-state index contributed by atoms with van der Waals surface area (Å²) >= 11 is 0. The Balaban J connectivity index is 1.33. The Bertz CT molecular complexity index is 1450. The van der Waals surface area contributed by atoms with Crippen LogP contribution in [0.5, 0.6) is 11.5 Å². The number of fused-ring (bicyclic) bond motifs is 1. The Hall–Kier alpha value is -3.89. The Morgan fingerprint density at radius 1 is 0.944 bits per heavy atom. The maximum Gasteiger partial charge on any atom is 0.241 e. The second kappa shape index (κ2) is 11.2. The van der Waals surface area contributed by atoms with Crippen LogP contribution >= 0.6 is 0 Å². The molecule has 0 aliphatic carbocycles. The van der Waals surface area contributed by atoms with Gasteiger partial charge in [-0.1, -0.05) is 24.3 Å². The number of para-hydroxylation sites is 2. The zero-order chi connectivity index (χ0) is 25.5. The van der Waals surface area contributed by atoms with Gasteiger partial charge in [0.15, 0.2) is 11.5 Å². The molecule has 4 aromatic rings. The van der Waals surface area contributed by atoms with Crippen molar-refractivity contribution in [2.45, 2.75) is 25.3 Å². The molecule has 1 amide bonds. The maximum atomic E-state index is 12.7. The van der Waals surface area contributed by atoms with Crippen LogP contribution in [0.2, 0.25) is 0 Å². The van der Waals surface area contributed by atoms with Crippen molar-refractivity contribution in [2.75, 3.05) is 19.8 Å². The minimum atomic E-state index is -3.91. The predicted molar refractivity (Wildman–Crippen MR) is 137 cm³/mol. The van der Waals surface area contributed by atoms with E-state index in [0.29, 0.717) is 24.7 Å². The van der Waals surface area contributed by atoms with Crippen LogP contribution in [0.4, 0.5) is 0 Å². The van der Waals surface area contributed by atoms with Crippen molar-refractivity contribution in [1.29, 1.82) is 0 Å². The molecule has 0 bridgehead atoms. The SMILES string of the molecule is CCOc1ccc(S(=O)(=O)NCC(=O)NCc2ccc(-n3cnc4ccccc43)cc2)cc1OCC. The molecule has 9 nitrogen and oxygen atoms in total. The van der Waals surface area contributed by atoms with Crippen molar-refractivity contribution in [3.8, 4) is 17.2 Å². The van der Waals surface area contributed by atoms with Crippen LogP contribution in [0, 0.1) is 0 Å². The summed E-state index contributed by atoms with van der Waals surface area (Å²) in [5.74, 6) is 0.348. The average Bonchev–Trinajstić information content (AvgIpc) is 3.32. The number of carbonyl (C=O) groups is 1. The highest BCUT2D eigenvalue weighted by Crippen LogP contribution is 2.30. The lowest BCUT2D eigenvalue weighted by atomic mass is 10.2. The summed E-state index contributed by atoms with van der Waals surface area (Å²) < 4.78 is 40.6. The fourth-order valence-electron chi connectivity index (χ4n) is 3.64. The molecular formula is C26H28N4O5S. The fraction of sp³-hybridized carbons (Fsp3) is 0.231. The number of aromatic nitrogens is 2. The standard InChI is InChI=1S/C26H28N4O5S/c1-3-34-24-14-13-21(15-25(24)35-4-2)36(32,33)29-17-26(31)27-16-19-9-11-20(12-10-19)30-18-28-22-7-5-6-8-23(22)30/h5-15,18,29H,3-4,16-17H2,1-2H3,(H,27,31). The summed E-state index contributed by atoms with van der Waals surface area (Å²) in [5, 5.41) is 2.73. The van der Waals surface area contributed by atoms with Gasteiger partial charge in [-0.15, -0.1) is 0 Å². The Kier molecular flexibility index (Phi) is 7.87. The number of sulfonamides is 1. The van der Waals surface area contributed by atoms with Gasteiger partial charge in [0.2, 0.25) is 15.9 Å². The first-order chi connectivity index (χ1) is 17.4. The fourth-order valence-corrected chi connectivity index (χ4v) is 4.64. The van der Waals surface area contributed by atoms with E-state index in [1.165, 1.54) is 12.1 Å². The molecule has 36 heavy (non-hydrogen) atoms. The van der Waals surface area contributed by atoms with E-state index in [1.54, 1.807) is 19.3 Å². The lowest BCUT2D eigenvalue weighted by Gasteiger charge is -2.13. The minimum Gasteiger partial charge on any atom is -0.490 e. The molecule has 3 aromatic carbocycles. The van der Waals surface area contributed by atoms with Gasteiger partial charge in [-0.2, -0.15) is 0 Å². The van der Waals surface area contributed by atoms with Crippen LogP contribution in [-0.2, 0) is 21.4 Å². The molecule has 0 saturated carbocycles. The lowest BCUT2D eigenvalue weighted by Crippen LogP contribution is -2.36. The number of hydrogen-bond acceptors (Lipinski definition) is 6. The van der Waals surface area contributed by atoms with Crippen LogP contribution in [0.3, 0.4) is 0 Å². The van der Waals surface area contributed by atoms with Gasteiger partial charge in [0, 0.05) is 18.3 Å². The van der Waals surface area contributed by atoms with Crippen LogP contribution in [0.25, 0.3) is 16.7 Å². The molecule has 0 unspecified atom stereocenters. The van der Waals surface area contributed by atoms with Gasteiger partial charge in [-0.25, -0.2) is 18.1 Å². The number of carbonyl (C=O) groups excluding carboxylic acids is 1. The van der Waals surface area contributed by atoms with Gasteiger partial charge in [-0.05, 0) is 55.8 Å². The van der Waals surface area contributed by atoms with Gasteiger partial charge in [0.25, 0.3) is 0 Å². The van der Waals surface area contributed by atoms with E-state index < -0.39 is 22.5 Å². The molecule has 1 heterocycles. The number of imidazole rings is 1. The van der Waals surface area contributed by atoms with Gasteiger partial charge < -0.3 is 14.8 Å². The van der Waals surface area contributed by atoms with E-state index in [-0.39, 0.29) is 11.4 Å². The monoisotopic (exact) mass is 508 g/mol. The number of hydrogen-bond donors (Lipinski definition) is 2. The van der Waals surface area contributed by atoms with E-state index in [0.717, 1.165) is 22.3 Å². The summed E-state index contributed by atoms with van der Waals surface area (Å²) in [6.45, 7) is 4.29. The molecule has 0 aliphatic heterocycles. The van der Waals surface area contributed by atoms with Crippen LogP contribution < -0.4 is 19.5 Å². The summed E-state index contributed by atoms with van der Waals surface area (Å²) in [5.41, 5.74) is 3.75. The normalized spacial score (nSPS) is 11.4. The van der Waals surface area contributed by atoms with Crippen LogP contribution in [0.15, 0.2) is 78.0 Å². The molecule has 2 N–H and O–H groups in total. The highest BCUT2D eigenvalue weighted by atomic mass is 32.2. The lowest BCUT2D eigenvalue weighted by molar-refractivity contribution is -0.120. The third-order valence-electron chi connectivity index (χ3n) is 5.41. The molecule has 0 atom stereocenters. The first-order valence-electron chi connectivity index (χ1n) is 11.6. The number of ether oxygens (including phenoxy) is 2. The van der Waals surface area contributed by atoms with Crippen LogP contribution in [0.1, 0.15) is 19.4 Å². The second-order valence-corrected chi connectivity index (χ2v) is 9.61. The number of rotatable bonds is 11. The van der Waals surface area contributed by atoms with Gasteiger partial charge in [-0.3, -0.25) is 9.36 Å². The second-order valence-electron chi connectivity index (χ2n) is 7.85. The number of amides is 1. The number of nitrogens with zero attached hydrogens (tertiary/aromatic N) is 2. The first kappa shape index (κ1) is 25.2. The average molecular weight is 509 g/mol. The molecule has 0 saturated heterocycles. The molecule has 0 aliphatic rings. The van der Waals surface area contributed by atoms with E-state index in [2.05, 4.69) is 15.0 Å². The Morgan fingerprint density at radius 2 is 1.67 bits per heavy atom. The smallest absolute Gasteiger partial charge is 0.241 e. The summed E-state index contributed by atoms with van der Waals surface area (Å²) in [7, 11) is -3.91. The molecular weight excluding hydrogens is 480 g/mol.